The van der Waals surface area contributed by atoms with Crippen molar-refractivity contribution in [3.8, 4) is 23.0 Å². The zero-order valence-electron chi connectivity index (χ0n) is 15.4. The Hall–Kier alpha value is -3.29. The Labute approximate surface area is 173 Å². The Morgan fingerprint density at radius 2 is 1.66 bits per heavy atom. The summed E-state index contributed by atoms with van der Waals surface area (Å²) < 4.78 is 19.1. The van der Waals surface area contributed by atoms with E-state index >= 15 is 0 Å². The third-order valence-corrected chi connectivity index (χ3v) is 5.16. The number of rotatable bonds is 3. The first-order valence-electron chi connectivity index (χ1n) is 9.17. The summed E-state index contributed by atoms with van der Waals surface area (Å²) in [6.45, 7) is 0.258. The highest BCUT2D eigenvalue weighted by Crippen LogP contribution is 2.44. The lowest BCUT2D eigenvalue weighted by Gasteiger charge is -2.14. The van der Waals surface area contributed by atoms with Crippen molar-refractivity contribution in [2.75, 3.05) is 13.2 Å². The standard InChI is InChI=1S/C24H17ClFNO2/c25-22-12-5-13-23(26)20(22)11-6-14-27-24(28)29-15-21-18-9-3-1-7-16(18)17-8-2-4-10-19(17)21/h1-5,7-10,12-13,21H,14-15H2,(H,27,28). The van der Waals surface area contributed by atoms with Gasteiger partial charge in [-0.15, -0.1) is 0 Å². The number of fused-ring (bicyclic) bond motifs is 3. The van der Waals surface area contributed by atoms with Crippen LogP contribution in [0.2, 0.25) is 5.02 Å². The van der Waals surface area contributed by atoms with Crippen molar-refractivity contribution in [2.24, 2.45) is 0 Å². The number of ether oxygens (including phenoxy) is 1. The van der Waals surface area contributed by atoms with E-state index in [1.165, 1.54) is 23.3 Å². The van der Waals surface area contributed by atoms with Gasteiger partial charge >= 0.3 is 6.09 Å². The molecule has 29 heavy (non-hydrogen) atoms. The van der Waals surface area contributed by atoms with Crippen molar-refractivity contribution in [3.05, 3.63) is 94.3 Å². The average molecular weight is 406 g/mol. The first-order chi connectivity index (χ1) is 14.1. The van der Waals surface area contributed by atoms with Crippen LogP contribution in [0, 0.1) is 17.7 Å². The van der Waals surface area contributed by atoms with Crippen LogP contribution in [0.15, 0.2) is 66.7 Å². The highest BCUT2D eigenvalue weighted by atomic mass is 35.5. The minimum atomic E-state index is -0.569. The highest BCUT2D eigenvalue weighted by Gasteiger charge is 2.28. The molecule has 1 aliphatic rings. The van der Waals surface area contributed by atoms with Crippen LogP contribution in [0.25, 0.3) is 11.1 Å². The number of hydrogen-bond donors (Lipinski definition) is 1. The molecule has 5 heteroatoms. The van der Waals surface area contributed by atoms with Gasteiger partial charge in [-0.05, 0) is 34.4 Å². The number of alkyl carbamates (subject to hydrolysis) is 1. The molecule has 1 N–H and O–H groups in total. The van der Waals surface area contributed by atoms with Gasteiger partial charge in [-0.25, -0.2) is 9.18 Å². The van der Waals surface area contributed by atoms with Crippen LogP contribution in [0.4, 0.5) is 9.18 Å². The third kappa shape index (κ3) is 3.96. The monoisotopic (exact) mass is 405 g/mol. The van der Waals surface area contributed by atoms with Crippen LogP contribution in [-0.4, -0.2) is 19.2 Å². The molecule has 3 nitrogen and oxygen atoms in total. The number of benzene rings is 3. The molecule has 0 aromatic heterocycles. The molecule has 0 fully saturated rings. The SMILES string of the molecule is O=C(NCC#Cc1c(F)cccc1Cl)OCC1c2ccccc2-c2ccccc21. The van der Waals surface area contributed by atoms with Gasteiger partial charge in [0.05, 0.1) is 17.1 Å². The molecule has 0 aliphatic heterocycles. The fraction of sp³-hybridized carbons (Fsp3) is 0.125. The lowest BCUT2D eigenvalue weighted by molar-refractivity contribution is 0.144. The number of amides is 1. The summed E-state index contributed by atoms with van der Waals surface area (Å²) in [5.74, 6) is 4.82. The summed E-state index contributed by atoms with van der Waals surface area (Å²) in [4.78, 5) is 12.1. The van der Waals surface area contributed by atoms with Crippen LogP contribution >= 0.6 is 11.6 Å². The Bertz CT molecular complexity index is 1070. The number of carbonyl (C=O) groups excluding carboxylic acids is 1. The second kappa shape index (κ2) is 8.38. The molecule has 0 radical (unpaired) electrons. The van der Waals surface area contributed by atoms with Gasteiger partial charge in [0.15, 0.2) is 0 Å². The summed E-state index contributed by atoms with van der Waals surface area (Å²) in [5.41, 5.74) is 4.75. The predicted octanol–water partition coefficient (Wildman–Crippen LogP) is 5.37. The smallest absolute Gasteiger partial charge is 0.407 e. The van der Waals surface area contributed by atoms with E-state index in [-0.39, 0.29) is 29.7 Å². The summed E-state index contributed by atoms with van der Waals surface area (Å²) in [6.07, 6.45) is -0.569. The van der Waals surface area contributed by atoms with Gasteiger partial charge in [-0.1, -0.05) is 78.0 Å². The van der Waals surface area contributed by atoms with Crippen molar-refractivity contribution >= 4 is 17.7 Å². The zero-order valence-corrected chi connectivity index (χ0v) is 16.2. The average Bonchev–Trinajstić information content (AvgIpc) is 3.05. The Morgan fingerprint density at radius 3 is 2.31 bits per heavy atom. The summed E-state index contributed by atoms with van der Waals surface area (Å²) >= 11 is 5.92. The second-order valence-corrected chi connectivity index (χ2v) is 6.98. The normalized spacial score (nSPS) is 11.8. The van der Waals surface area contributed by atoms with E-state index < -0.39 is 11.9 Å². The maximum Gasteiger partial charge on any atom is 0.407 e. The minimum absolute atomic E-state index is 0.00328. The topological polar surface area (TPSA) is 38.3 Å². The van der Waals surface area contributed by atoms with Crippen LogP contribution in [0.1, 0.15) is 22.6 Å². The van der Waals surface area contributed by atoms with E-state index in [1.54, 1.807) is 6.07 Å². The number of hydrogen-bond acceptors (Lipinski definition) is 2. The van der Waals surface area contributed by atoms with Crippen molar-refractivity contribution in [3.63, 3.8) is 0 Å². The van der Waals surface area contributed by atoms with E-state index in [0.717, 1.165) is 11.1 Å². The lowest BCUT2D eigenvalue weighted by Crippen LogP contribution is -2.26. The van der Waals surface area contributed by atoms with Crippen LogP contribution in [-0.2, 0) is 4.74 Å². The molecule has 0 saturated carbocycles. The van der Waals surface area contributed by atoms with Gasteiger partial charge in [-0.2, -0.15) is 0 Å². The molecular formula is C24H17ClFNO2. The predicted molar refractivity (Wildman–Crippen MR) is 111 cm³/mol. The Balaban J connectivity index is 1.37. The zero-order chi connectivity index (χ0) is 20.2. The molecule has 0 bridgehead atoms. The fourth-order valence-corrected chi connectivity index (χ4v) is 3.73. The van der Waals surface area contributed by atoms with Crippen LogP contribution < -0.4 is 5.32 Å². The Kier molecular flexibility index (Phi) is 5.50. The van der Waals surface area contributed by atoms with Crippen molar-refractivity contribution in [1.29, 1.82) is 0 Å². The summed E-state index contributed by atoms with van der Waals surface area (Å²) in [5, 5.41) is 2.80. The first kappa shape index (κ1) is 19.0. The number of nitrogens with one attached hydrogen (secondary N) is 1. The molecule has 0 saturated heterocycles. The third-order valence-electron chi connectivity index (χ3n) is 4.84. The number of halogens is 2. The first-order valence-corrected chi connectivity index (χ1v) is 9.54. The molecule has 0 atom stereocenters. The van der Waals surface area contributed by atoms with E-state index in [1.807, 2.05) is 24.3 Å². The molecule has 0 heterocycles. The second-order valence-electron chi connectivity index (χ2n) is 6.58. The van der Waals surface area contributed by atoms with Gasteiger partial charge in [0.1, 0.15) is 12.4 Å². The quantitative estimate of drug-likeness (QED) is 0.595. The van der Waals surface area contributed by atoms with Gasteiger partial charge in [0.2, 0.25) is 0 Å². The Morgan fingerprint density at radius 1 is 1.00 bits per heavy atom. The van der Waals surface area contributed by atoms with Crippen LogP contribution in [0.3, 0.4) is 0 Å². The molecule has 4 rings (SSSR count). The summed E-state index contributed by atoms with van der Waals surface area (Å²) in [6, 6.07) is 20.6. The summed E-state index contributed by atoms with van der Waals surface area (Å²) in [7, 11) is 0. The van der Waals surface area contributed by atoms with E-state index in [9.17, 15) is 9.18 Å². The van der Waals surface area contributed by atoms with Gasteiger partial charge in [-0.3, -0.25) is 0 Å². The maximum absolute atomic E-state index is 13.7. The number of carbonyl (C=O) groups is 1. The van der Waals surface area contributed by atoms with E-state index in [0.29, 0.717) is 0 Å². The van der Waals surface area contributed by atoms with Crippen LogP contribution in [0.5, 0.6) is 0 Å². The van der Waals surface area contributed by atoms with Crippen molar-refractivity contribution in [2.45, 2.75) is 5.92 Å². The van der Waals surface area contributed by atoms with Gasteiger partial charge in [0, 0.05) is 5.92 Å². The molecular weight excluding hydrogens is 389 g/mol. The van der Waals surface area contributed by atoms with Gasteiger partial charge < -0.3 is 10.1 Å². The molecule has 1 amide bonds. The maximum atomic E-state index is 13.7. The molecule has 0 unspecified atom stereocenters. The lowest BCUT2D eigenvalue weighted by atomic mass is 9.98. The van der Waals surface area contributed by atoms with Gasteiger partial charge in [0.25, 0.3) is 0 Å². The largest absolute Gasteiger partial charge is 0.449 e. The van der Waals surface area contributed by atoms with E-state index in [2.05, 4.69) is 41.4 Å². The molecule has 144 valence electrons. The molecule has 3 aromatic rings. The molecule has 1 aliphatic carbocycles. The minimum Gasteiger partial charge on any atom is -0.449 e. The van der Waals surface area contributed by atoms with Crippen molar-refractivity contribution in [1.82, 2.24) is 5.32 Å². The highest BCUT2D eigenvalue weighted by molar-refractivity contribution is 6.31. The molecule has 0 spiro atoms. The van der Waals surface area contributed by atoms with E-state index in [4.69, 9.17) is 16.3 Å². The van der Waals surface area contributed by atoms with Crippen molar-refractivity contribution < 1.29 is 13.9 Å². The fourth-order valence-electron chi connectivity index (χ4n) is 3.52. The molecule has 3 aromatic carbocycles.